The molecular formula is C21H28N2O2. The van der Waals surface area contributed by atoms with Gasteiger partial charge in [-0.15, -0.1) is 0 Å². The van der Waals surface area contributed by atoms with Gasteiger partial charge >= 0.3 is 0 Å². The fourth-order valence-electron chi connectivity index (χ4n) is 3.64. The summed E-state index contributed by atoms with van der Waals surface area (Å²) < 4.78 is 5.44. The number of benzene rings is 2. The summed E-state index contributed by atoms with van der Waals surface area (Å²) in [5.74, 6) is 0.837. The van der Waals surface area contributed by atoms with Gasteiger partial charge in [0, 0.05) is 17.6 Å². The van der Waals surface area contributed by atoms with E-state index in [0.29, 0.717) is 6.54 Å². The van der Waals surface area contributed by atoms with Crippen LogP contribution < -0.4 is 9.64 Å². The van der Waals surface area contributed by atoms with Crippen LogP contribution >= 0.6 is 0 Å². The number of hydrogen-bond acceptors (Lipinski definition) is 4. The Bertz CT molecular complexity index is 717. The highest BCUT2D eigenvalue weighted by atomic mass is 16.5. The minimum Gasteiger partial charge on any atom is -0.497 e. The standard InChI is InChI=1S/C21H28N2O2/c1-21(12-13-22(2)3)18-14-17(25-4)10-11-19(18)23(20(21)24)15-16-8-6-5-7-9-16/h5-11,14,20,24H,12-13,15H2,1-4H3/t20?,21-/m0/s1. The van der Waals surface area contributed by atoms with Crippen molar-refractivity contribution in [1.29, 1.82) is 0 Å². The van der Waals surface area contributed by atoms with Crippen LogP contribution in [0.4, 0.5) is 5.69 Å². The maximum atomic E-state index is 11.2. The summed E-state index contributed by atoms with van der Waals surface area (Å²) >= 11 is 0. The quantitative estimate of drug-likeness (QED) is 0.876. The maximum absolute atomic E-state index is 11.2. The van der Waals surface area contributed by atoms with E-state index < -0.39 is 6.23 Å². The van der Waals surface area contributed by atoms with E-state index in [1.165, 1.54) is 5.56 Å². The molecule has 2 aromatic carbocycles. The molecule has 0 fully saturated rings. The monoisotopic (exact) mass is 340 g/mol. The first kappa shape index (κ1) is 17.8. The van der Waals surface area contributed by atoms with Crippen LogP contribution in [0, 0.1) is 0 Å². The van der Waals surface area contributed by atoms with E-state index in [2.05, 4.69) is 55.1 Å². The number of aliphatic hydroxyl groups excluding tert-OH is 1. The molecule has 0 aromatic heterocycles. The molecule has 0 saturated carbocycles. The van der Waals surface area contributed by atoms with Gasteiger partial charge in [-0.1, -0.05) is 37.3 Å². The molecule has 1 unspecified atom stereocenters. The number of ether oxygens (including phenoxy) is 1. The molecule has 3 rings (SSSR count). The van der Waals surface area contributed by atoms with Crippen LogP contribution in [0.3, 0.4) is 0 Å². The van der Waals surface area contributed by atoms with Gasteiger partial charge in [-0.05, 0) is 56.4 Å². The summed E-state index contributed by atoms with van der Waals surface area (Å²) in [5, 5.41) is 11.2. The predicted octanol–water partition coefficient (Wildman–Crippen LogP) is 3.24. The van der Waals surface area contributed by atoms with E-state index in [-0.39, 0.29) is 5.41 Å². The van der Waals surface area contributed by atoms with Gasteiger partial charge < -0.3 is 19.6 Å². The summed E-state index contributed by atoms with van der Waals surface area (Å²) in [5.41, 5.74) is 3.12. The first-order chi connectivity index (χ1) is 12.0. The van der Waals surface area contributed by atoms with Crippen LogP contribution in [-0.4, -0.2) is 44.0 Å². The highest BCUT2D eigenvalue weighted by Crippen LogP contribution is 2.48. The smallest absolute Gasteiger partial charge is 0.136 e. The predicted molar refractivity (Wildman–Crippen MR) is 102 cm³/mol. The molecule has 25 heavy (non-hydrogen) atoms. The van der Waals surface area contributed by atoms with Gasteiger partial charge in [0.15, 0.2) is 0 Å². The van der Waals surface area contributed by atoms with Gasteiger partial charge in [0.25, 0.3) is 0 Å². The number of nitrogens with zero attached hydrogens (tertiary/aromatic N) is 2. The number of fused-ring (bicyclic) bond motifs is 1. The molecule has 1 aliphatic heterocycles. The zero-order valence-corrected chi connectivity index (χ0v) is 15.6. The Morgan fingerprint density at radius 1 is 1.16 bits per heavy atom. The lowest BCUT2D eigenvalue weighted by molar-refractivity contribution is 0.0876. The SMILES string of the molecule is COc1ccc2c(c1)[C@](C)(CCN(C)C)C(O)N2Cc1ccccc1. The summed E-state index contributed by atoms with van der Waals surface area (Å²) in [6, 6.07) is 16.4. The molecule has 2 atom stereocenters. The second-order valence-corrected chi connectivity index (χ2v) is 7.34. The molecule has 1 N–H and O–H groups in total. The van der Waals surface area contributed by atoms with E-state index in [4.69, 9.17) is 4.74 Å². The van der Waals surface area contributed by atoms with Gasteiger partial charge in [0.05, 0.1) is 7.11 Å². The second kappa shape index (κ2) is 7.06. The van der Waals surface area contributed by atoms with E-state index in [9.17, 15) is 5.11 Å². The molecule has 0 amide bonds. The van der Waals surface area contributed by atoms with Crippen molar-refractivity contribution in [3.63, 3.8) is 0 Å². The number of rotatable bonds is 6. The fraction of sp³-hybridized carbons (Fsp3) is 0.429. The summed E-state index contributed by atoms with van der Waals surface area (Å²) in [6.45, 7) is 3.77. The molecule has 1 heterocycles. The van der Waals surface area contributed by atoms with Gasteiger partial charge in [-0.3, -0.25) is 0 Å². The van der Waals surface area contributed by atoms with Crippen molar-refractivity contribution in [3.8, 4) is 5.75 Å². The Hall–Kier alpha value is -2.04. The lowest BCUT2D eigenvalue weighted by Crippen LogP contribution is -2.44. The van der Waals surface area contributed by atoms with Crippen molar-refractivity contribution in [2.24, 2.45) is 0 Å². The minimum atomic E-state index is -0.560. The Morgan fingerprint density at radius 2 is 1.88 bits per heavy atom. The zero-order valence-electron chi connectivity index (χ0n) is 15.6. The molecule has 1 aliphatic rings. The molecule has 0 aliphatic carbocycles. The third-order valence-corrected chi connectivity index (χ3v) is 5.27. The molecule has 0 spiro atoms. The molecule has 0 bridgehead atoms. The normalized spacial score (nSPS) is 22.3. The van der Waals surface area contributed by atoms with Crippen molar-refractivity contribution in [3.05, 3.63) is 59.7 Å². The minimum absolute atomic E-state index is 0.330. The van der Waals surface area contributed by atoms with Gasteiger partial charge in [-0.25, -0.2) is 0 Å². The van der Waals surface area contributed by atoms with Crippen molar-refractivity contribution in [1.82, 2.24) is 4.90 Å². The summed E-state index contributed by atoms with van der Waals surface area (Å²) in [6.07, 6.45) is 0.321. The average Bonchev–Trinajstić information content (AvgIpc) is 2.83. The van der Waals surface area contributed by atoms with Gasteiger partial charge in [0.1, 0.15) is 12.0 Å². The van der Waals surface area contributed by atoms with Crippen molar-refractivity contribution in [2.75, 3.05) is 32.6 Å². The van der Waals surface area contributed by atoms with Crippen LogP contribution in [0.25, 0.3) is 0 Å². The lowest BCUT2D eigenvalue weighted by Gasteiger charge is -2.34. The number of anilines is 1. The first-order valence-corrected chi connectivity index (χ1v) is 8.77. The van der Waals surface area contributed by atoms with Crippen LogP contribution in [-0.2, 0) is 12.0 Å². The molecule has 0 radical (unpaired) electrons. The van der Waals surface area contributed by atoms with Crippen LogP contribution in [0.2, 0.25) is 0 Å². The Morgan fingerprint density at radius 3 is 2.52 bits per heavy atom. The van der Waals surface area contributed by atoms with Gasteiger partial charge in [0.2, 0.25) is 0 Å². The van der Waals surface area contributed by atoms with Crippen molar-refractivity contribution < 1.29 is 9.84 Å². The second-order valence-electron chi connectivity index (χ2n) is 7.34. The van der Waals surface area contributed by atoms with E-state index in [1.54, 1.807) is 7.11 Å². The fourth-order valence-corrected chi connectivity index (χ4v) is 3.64. The summed E-state index contributed by atoms with van der Waals surface area (Å²) in [4.78, 5) is 4.28. The highest BCUT2D eigenvalue weighted by Gasteiger charge is 2.46. The van der Waals surface area contributed by atoms with Crippen LogP contribution in [0.15, 0.2) is 48.5 Å². The topological polar surface area (TPSA) is 35.9 Å². The molecular weight excluding hydrogens is 312 g/mol. The maximum Gasteiger partial charge on any atom is 0.136 e. The van der Waals surface area contributed by atoms with Crippen LogP contribution in [0.1, 0.15) is 24.5 Å². The molecule has 4 heteroatoms. The van der Waals surface area contributed by atoms with E-state index in [1.807, 2.05) is 24.3 Å². The number of hydrogen-bond donors (Lipinski definition) is 1. The third kappa shape index (κ3) is 3.37. The third-order valence-electron chi connectivity index (χ3n) is 5.27. The highest BCUT2D eigenvalue weighted by molar-refractivity contribution is 5.65. The largest absolute Gasteiger partial charge is 0.497 e. The molecule has 134 valence electrons. The van der Waals surface area contributed by atoms with Gasteiger partial charge in [-0.2, -0.15) is 0 Å². The van der Waals surface area contributed by atoms with Crippen molar-refractivity contribution in [2.45, 2.75) is 31.5 Å². The van der Waals surface area contributed by atoms with Crippen molar-refractivity contribution >= 4 is 5.69 Å². The van der Waals surface area contributed by atoms with E-state index in [0.717, 1.165) is 30.0 Å². The molecule has 4 nitrogen and oxygen atoms in total. The van der Waals surface area contributed by atoms with E-state index >= 15 is 0 Å². The Balaban J connectivity index is 1.99. The Kier molecular flexibility index (Phi) is 5.02. The zero-order chi connectivity index (χ0) is 18.0. The Labute approximate surface area is 150 Å². The number of methoxy groups -OCH3 is 1. The number of aliphatic hydroxyl groups is 1. The van der Waals surface area contributed by atoms with Crippen LogP contribution in [0.5, 0.6) is 5.75 Å². The average molecular weight is 340 g/mol. The first-order valence-electron chi connectivity index (χ1n) is 8.77. The molecule has 2 aromatic rings. The lowest BCUT2D eigenvalue weighted by atomic mass is 9.79. The summed E-state index contributed by atoms with van der Waals surface area (Å²) in [7, 11) is 5.82. The molecule has 0 saturated heterocycles.